The maximum absolute atomic E-state index is 11.8. The van der Waals surface area contributed by atoms with Gasteiger partial charge in [0, 0.05) is 17.5 Å². The number of hydrogen-bond acceptors (Lipinski definition) is 5. The largest absolute Gasteiger partial charge is 0.312 e. The molecule has 0 aliphatic rings. The van der Waals surface area contributed by atoms with E-state index in [0.717, 1.165) is 39.3 Å². The topological polar surface area (TPSA) is 117 Å². The van der Waals surface area contributed by atoms with Crippen molar-refractivity contribution in [1.82, 2.24) is 14.1 Å². The van der Waals surface area contributed by atoms with Gasteiger partial charge in [-0.15, -0.1) is 0 Å². The van der Waals surface area contributed by atoms with E-state index in [2.05, 4.69) is 15.8 Å². The number of pyridine rings is 1. The van der Waals surface area contributed by atoms with Crippen molar-refractivity contribution in [3.63, 3.8) is 0 Å². The first-order chi connectivity index (χ1) is 17.1. The minimum atomic E-state index is -3.57. The lowest BCUT2D eigenvalue weighted by Crippen LogP contribution is -2.22. The second-order valence-corrected chi connectivity index (χ2v) is 10.8. The third-order valence-electron chi connectivity index (χ3n) is 6.11. The predicted octanol–water partition coefficient (Wildman–Crippen LogP) is 4.87. The summed E-state index contributed by atoms with van der Waals surface area (Å²) >= 11 is 6.07. The molecule has 36 heavy (non-hydrogen) atoms. The molecule has 0 saturated heterocycles. The molecule has 0 fully saturated rings. The Bertz CT molecular complexity index is 1900. The van der Waals surface area contributed by atoms with Crippen LogP contribution in [0.3, 0.4) is 0 Å². The van der Waals surface area contributed by atoms with Crippen LogP contribution in [0.25, 0.3) is 38.8 Å². The quantitative estimate of drug-likeness (QED) is 0.354. The van der Waals surface area contributed by atoms with E-state index in [-0.39, 0.29) is 16.9 Å². The number of aryl methyl sites for hydroxylation is 2. The monoisotopic (exact) mass is 516 g/mol. The molecule has 0 aliphatic heterocycles. The number of nitrogens with one attached hydrogen (secondary N) is 2. The van der Waals surface area contributed by atoms with Gasteiger partial charge >= 0.3 is 0 Å². The molecule has 0 amide bonds. The predicted molar refractivity (Wildman–Crippen MR) is 142 cm³/mol. The van der Waals surface area contributed by atoms with E-state index in [9.17, 15) is 13.7 Å². The molecule has 2 aromatic heterocycles. The van der Waals surface area contributed by atoms with Gasteiger partial charge in [-0.1, -0.05) is 29.8 Å². The fourth-order valence-electron chi connectivity index (χ4n) is 4.39. The van der Waals surface area contributed by atoms with Crippen molar-refractivity contribution in [3.8, 4) is 22.9 Å². The zero-order valence-corrected chi connectivity index (χ0v) is 21.2. The summed E-state index contributed by atoms with van der Waals surface area (Å²) in [7, 11) is -1.78. The Hall–Kier alpha value is -4.13. The first-order valence-electron chi connectivity index (χ1n) is 10.9. The van der Waals surface area contributed by atoms with E-state index in [0.29, 0.717) is 16.3 Å². The maximum atomic E-state index is 11.8. The van der Waals surface area contributed by atoms with Crippen LogP contribution in [0, 0.1) is 23.7 Å². The lowest BCUT2D eigenvalue weighted by atomic mass is 10.0. The van der Waals surface area contributed by atoms with Crippen LogP contribution in [0.5, 0.6) is 0 Å². The van der Waals surface area contributed by atoms with E-state index >= 15 is 0 Å². The molecule has 5 aromatic rings. The van der Waals surface area contributed by atoms with Crippen molar-refractivity contribution in [1.29, 1.82) is 10.7 Å². The van der Waals surface area contributed by atoms with Crippen LogP contribution in [0.1, 0.15) is 11.1 Å². The van der Waals surface area contributed by atoms with Gasteiger partial charge in [-0.2, -0.15) is 5.26 Å². The lowest BCUT2D eigenvalue weighted by molar-refractivity contribution is 0.607. The van der Waals surface area contributed by atoms with E-state index in [4.69, 9.17) is 17.0 Å². The molecular weight excluding hydrogens is 496 g/mol. The molecule has 0 radical (unpaired) electrons. The number of benzene rings is 3. The van der Waals surface area contributed by atoms with Crippen LogP contribution in [0.2, 0.25) is 5.02 Å². The number of halogens is 1. The van der Waals surface area contributed by atoms with Crippen LogP contribution >= 0.6 is 11.6 Å². The Kier molecular flexibility index (Phi) is 5.58. The summed E-state index contributed by atoms with van der Waals surface area (Å²) in [5.74, 6) is 0. The van der Waals surface area contributed by atoms with E-state index < -0.39 is 10.0 Å². The van der Waals surface area contributed by atoms with Crippen LogP contribution in [0.4, 0.5) is 5.69 Å². The van der Waals surface area contributed by atoms with Gasteiger partial charge < -0.3 is 4.57 Å². The number of fused-ring (bicyclic) bond motifs is 3. The van der Waals surface area contributed by atoms with Crippen LogP contribution < -0.4 is 10.3 Å². The number of hydrogen-bond donors (Lipinski definition) is 2. The highest BCUT2D eigenvalue weighted by molar-refractivity contribution is 7.92. The van der Waals surface area contributed by atoms with Crippen LogP contribution in [-0.2, 0) is 17.1 Å². The average molecular weight is 517 g/mol. The van der Waals surface area contributed by atoms with Gasteiger partial charge in [0.1, 0.15) is 6.07 Å². The van der Waals surface area contributed by atoms with Crippen molar-refractivity contribution in [2.24, 2.45) is 7.05 Å². The number of nitriles is 1. The molecule has 3 aromatic carbocycles. The van der Waals surface area contributed by atoms with Gasteiger partial charge in [-0.25, -0.2) is 8.42 Å². The minimum Gasteiger partial charge on any atom is -0.312 e. The molecule has 0 spiro atoms. The first kappa shape index (κ1) is 23.6. The normalized spacial score (nSPS) is 11.6. The van der Waals surface area contributed by atoms with Gasteiger partial charge in [0.05, 0.1) is 45.9 Å². The standard InChI is InChI=1S/C26H21ClN6O2S/c1-15-10-22(31-36(3,34)35)18(13-28)12-23(15)33-25-20-11-17(16-4-7-19(27)8-5-16)6-9-21(20)30-14-24(25)32(2)26(33)29/h4-12,14,29,31H,1-3H3. The zero-order valence-electron chi connectivity index (χ0n) is 19.7. The molecule has 10 heteroatoms. The van der Waals surface area contributed by atoms with E-state index in [1.54, 1.807) is 34.5 Å². The molecule has 0 aliphatic carbocycles. The molecule has 2 heterocycles. The van der Waals surface area contributed by atoms with Gasteiger partial charge in [0.25, 0.3) is 0 Å². The first-order valence-corrected chi connectivity index (χ1v) is 13.2. The molecule has 180 valence electrons. The lowest BCUT2D eigenvalue weighted by Gasteiger charge is -2.14. The fraction of sp³-hybridized carbons (Fsp3) is 0.115. The molecule has 0 bridgehead atoms. The number of nitrogens with zero attached hydrogens (tertiary/aromatic N) is 4. The Morgan fingerprint density at radius 2 is 1.78 bits per heavy atom. The molecule has 0 unspecified atom stereocenters. The van der Waals surface area contributed by atoms with Gasteiger partial charge in [-0.3, -0.25) is 19.7 Å². The minimum absolute atomic E-state index is 0.158. The number of rotatable bonds is 4. The van der Waals surface area contributed by atoms with E-state index in [1.807, 2.05) is 49.4 Å². The van der Waals surface area contributed by atoms with Crippen molar-refractivity contribution in [2.45, 2.75) is 6.92 Å². The average Bonchev–Trinajstić information content (AvgIpc) is 3.09. The third-order valence-corrected chi connectivity index (χ3v) is 6.95. The summed E-state index contributed by atoms with van der Waals surface area (Å²) in [6, 6.07) is 18.8. The molecule has 2 N–H and O–H groups in total. The molecule has 0 atom stereocenters. The second kappa shape index (κ2) is 8.52. The molecule has 5 rings (SSSR count). The second-order valence-electron chi connectivity index (χ2n) is 8.62. The number of sulfonamides is 1. The van der Waals surface area contributed by atoms with Crippen molar-refractivity contribution in [2.75, 3.05) is 11.0 Å². The SMILES string of the molecule is Cc1cc(NS(C)(=O)=O)c(C#N)cc1-n1c(=N)n(C)c2cnc3ccc(-c4ccc(Cl)cc4)cc3c21. The van der Waals surface area contributed by atoms with Crippen LogP contribution in [-0.4, -0.2) is 28.8 Å². The summed E-state index contributed by atoms with van der Waals surface area (Å²) < 4.78 is 29.5. The number of aromatic nitrogens is 3. The molecule has 8 nitrogen and oxygen atoms in total. The Morgan fingerprint density at radius 1 is 1.08 bits per heavy atom. The Balaban J connectivity index is 1.83. The van der Waals surface area contributed by atoms with Crippen molar-refractivity contribution >= 4 is 49.2 Å². The highest BCUT2D eigenvalue weighted by atomic mass is 35.5. The third kappa shape index (κ3) is 4.00. The van der Waals surface area contributed by atoms with Gasteiger partial charge in [-0.05, 0) is 60.0 Å². The summed E-state index contributed by atoms with van der Waals surface area (Å²) in [6.45, 7) is 1.82. The number of imidazole rings is 1. The number of anilines is 1. The van der Waals surface area contributed by atoms with Crippen LogP contribution in [0.15, 0.2) is 60.8 Å². The Morgan fingerprint density at radius 3 is 2.44 bits per heavy atom. The summed E-state index contributed by atoms with van der Waals surface area (Å²) in [6.07, 6.45) is 2.77. The Labute approximate surface area is 212 Å². The highest BCUT2D eigenvalue weighted by Gasteiger charge is 2.19. The smallest absolute Gasteiger partial charge is 0.229 e. The summed E-state index contributed by atoms with van der Waals surface area (Å²) in [4.78, 5) is 4.61. The summed E-state index contributed by atoms with van der Waals surface area (Å²) in [5.41, 5.74) is 6.07. The molecule has 0 saturated carbocycles. The highest BCUT2D eigenvalue weighted by Crippen LogP contribution is 2.32. The van der Waals surface area contributed by atoms with Gasteiger partial charge in [0.2, 0.25) is 15.6 Å². The maximum Gasteiger partial charge on any atom is 0.229 e. The molecular formula is C26H21ClN6O2S. The van der Waals surface area contributed by atoms with Gasteiger partial charge in [0.15, 0.2) is 0 Å². The zero-order chi connectivity index (χ0) is 25.8. The van der Waals surface area contributed by atoms with E-state index in [1.165, 1.54) is 0 Å². The fourth-order valence-corrected chi connectivity index (χ4v) is 5.08. The van der Waals surface area contributed by atoms with Crippen molar-refractivity contribution < 1.29 is 8.42 Å². The summed E-state index contributed by atoms with van der Waals surface area (Å²) in [5, 5.41) is 20.1. The van der Waals surface area contributed by atoms with Crippen molar-refractivity contribution in [3.05, 3.63) is 82.6 Å².